The van der Waals surface area contributed by atoms with E-state index in [0.29, 0.717) is 5.69 Å². The highest BCUT2D eigenvalue weighted by Gasteiger charge is 2.35. The standard InChI is InChI=1S/C17H11F5N2/c18-11-1-5-13(6-2-11)23-14-9-16(17(20,21)22)24(10-14)15-7-3-12(19)4-8-15/h1-10,23H. The van der Waals surface area contributed by atoms with Crippen molar-refractivity contribution in [3.05, 3.63) is 78.1 Å². The third-order valence-electron chi connectivity index (χ3n) is 3.35. The van der Waals surface area contributed by atoms with Gasteiger partial charge in [0.05, 0.1) is 5.69 Å². The molecular weight excluding hydrogens is 327 g/mol. The minimum absolute atomic E-state index is 0.177. The number of hydrogen-bond donors (Lipinski definition) is 1. The minimum atomic E-state index is -4.59. The zero-order valence-electron chi connectivity index (χ0n) is 12.1. The minimum Gasteiger partial charge on any atom is -0.354 e. The first-order valence-corrected chi connectivity index (χ1v) is 6.91. The second-order valence-electron chi connectivity index (χ2n) is 5.09. The van der Waals surface area contributed by atoms with E-state index < -0.39 is 23.5 Å². The van der Waals surface area contributed by atoms with Crippen LogP contribution in [0.3, 0.4) is 0 Å². The molecule has 2 nitrogen and oxygen atoms in total. The molecule has 3 aromatic rings. The molecule has 0 aliphatic carbocycles. The summed E-state index contributed by atoms with van der Waals surface area (Å²) in [6.45, 7) is 0. The highest BCUT2D eigenvalue weighted by molar-refractivity contribution is 5.61. The zero-order valence-corrected chi connectivity index (χ0v) is 12.1. The van der Waals surface area contributed by atoms with Crippen LogP contribution in [0.2, 0.25) is 0 Å². The van der Waals surface area contributed by atoms with Gasteiger partial charge in [-0.15, -0.1) is 0 Å². The summed E-state index contributed by atoms with van der Waals surface area (Å²) in [5.74, 6) is -0.982. The largest absolute Gasteiger partial charge is 0.431 e. The first-order valence-electron chi connectivity index (χ1n) is 6.91. The van der Waals surface area contributed by atoms with Crippen molar-refractivity contribution >= 4 is 11.4 Å². The number of nitrogens with zero attached hydrogens (tertiary/aromatic N) is 1. The SMILES string of the molecule is Fc1ccc(Nc2cc(C(F)(F)F)n(-c3ccc(F)cc3)c2)cc1. The highest BCUT2D eigenvalue weighted by Crippen LogP contribution is 2.35. The van der Waals surface area contributed by atoms with Crippen molar-refractivity contribution in [3.8, 4) is 5.69 Å². The summed E-state index contributed by atoms with van der Waals surface area (Å²) in [6.07, 6.45) is -3.34. The van der Waals surface area contributed by atoms with Gasteiger partial charge in [0, 0.05) is 17.6 Å². The summed E-state index contributed by atoms with van der Waals surface area (Å²) in [6, 6.07) is 10.8. The lowest BCUT2D eigenvalue weighted by molar-refractivity contribution is -0.142. The van der Waals surface area contributed by atoms with E-state index in [1.807, 2.05) is 0 Å². The highest BCUT2D eigenvalue weighted by atomic mass is 19.4. The average Bonchev–Trinajstić information content (AvgIpc) is 2.94. The van der Waals surface area contributed by atoms with Crippen molar-refractivity contribution in [2.75, 3.05) is 5.32 Å². The van der Waals surface area contributed by atoms with Crippen LogP contribution in [0.25, 0.3) is 5.69 Å². The summed E-state index contributed by atoms with van der Waals surface area (Å²) in [4.78, 5) is 0. The zero-order chi connectivity index (χ0) is 17.3. The maximum absolute atomic E-state index is 13.2. The Morgan fingerprint density at radius 3 is 1.83 bits per heavy atom. The number of hydrogen-bond acceptors (Lipinski definition) is 1. The maximum atomic E-state index is 13.2. The van der Waals surface area contributed by atoms with Crippen LogP contribution in [-0.4, -0.2) is 4.57 Å². The quantitative estimate of drug-likeness (QED) is 0.623. The van der Waals surface area contributed by atoms with Crippen LogP contribution in [0.4, 0.5) is 33.3 Å². The molecule has 0 bridgehead atoms. The van der Waals surface area contributed by atoms with Crippen LogP contribution in [0.5, 0.6) is 0 Å². The lowest BCUT2D eigenvalue weighted by Crippen LogP contribution is -2.11. The topological polar surface area (TPSA) is 17.0 Å². The molecule has 0 saturated carbocycles. The summed E-state index contributed by atoms with van der Waals surface area (Å²) in [5, 5.41) is 2.78. The Labute approximate surface area is 134 Å². The molecule has 0 spiro atoms. The Morgan fingerprint density at radius 2 is 1.29 bits per heavy atom. The van der Waals surface area contributed by atoms with Crippen LogP contribution in [-0.2, 0) is 6.18 Å². The van der Waals surface area contributed by atoms with Gasteiger partial charge in [0.25, 0.3) is 0 Å². The van der Waals surface area contributed by atoms with Gasteiger partial charge < -0.3 is 9.88 Å². The molecule has 0 saturated heterocycles. The van der Waals surface area contributed by atoms with E-state index in [2.05, 4.69) is 5.32 Å². The van der Waals surface area contributed by atoms with Gasteiger partial charge in [0.15, 0.2) is 0 Å². The molecule has 7 heteroatoms. The van der Waals surface area contributed by atoms with Crippen LogP contribution in [0.1, 0.15) is 5.69 Å². The summed E-state index contributed by atoms with van der Waals surface area (Å²) < 4.78 is 66.5. The molecule has 1 heterocycles. The molecule has 1 aromatic heterocycles. The van der Waals surface area contributed by atoms with Gasteiger partial charge in [-0.25, -0.2) is 8.78 Å². The van der Waals surface area contributed by atoms with Crippen molar-refractivity contribution in [1.29, 1.82) is 0 Å². The number of alkyl halides is 3. The van der Waals surface area contributed by atoms with Crippen molar-refractivity contribution in [2.24, 2.45) is 0 Å². The van der Waals surface area contributed by atoms with Crippen molar-refractivity contribution in [1.82, 2.24) is 4.57 Å². The Bertz CT molecular complexity index is 833. The Hall–Kier alpha value is -2.83. The normalized spacial score (nSPS) is 11.5. The smallest absolute Gasteiger partial charge is 0.354 e. The van der Waals surface area contributed by atoms with E-state index in [1.165, 1.54) is 42.6 Å². The molecule has 0 unspecified atom stereocenters. The molecule has 124 valence electrons. The van der Waals surface area contributed by atoms with Crippen molar-refractivity contribution in [2.45, 2.75) is 6.18 Å². The Balaban J connectivity index is 2.00. The van der Waals surface area contributed by atoms with E-state index in [-0.39, 0.29) is 11.4 Å². The van der Waals surface area contributed by atoms with Crippen LogP contribution in [0.15, 0.2) is 60.8 Å². The van der Waals surface area contributed by atoms with Gasteiger partial charge in [-0.05, 0) is 54.6 Å². The molecular formula is C17H11F5N2. The fraction of sp³-hybridized carbons (Fsp3) is 0.0588. The van der Waals surface area contributed by atoms with Crippen molar-refractivity contribution in [3.63, 3.8) is 0 Å². The third-order valence-corrected chi connectivity index (χ3v) is 3.35. The predicted molar refractivity (Wildman–Crippen MR) is 80.4 cm³/mol. The Morgan fingerprint density at radius 1 is 0.750 bits per heavy atom. The average molecular weight is 338 g/mol. The number of halogens is 5. The van der Waals surface area contributed by atoms with Gasteiger partial charge in [0.1, 0.15) is 17.3 Å². The van der Waals surface area contributed by atoms with E-state index in [0.717, 1.165) is 22.8 Å². The summed E-state index contributed by atoms with van der Waals surface area (Å²) in [7, 11) is 0. The molecule has 0 aliphatic rings. The number of aromatic nitrogens is 1. The first-order chi connectivity index (χ1) is 11.3. The molecule has 0 atom stereocenters. The molecule has 2 aromatic carbocycles. The fourth-order valence-electron chi connectivity index (χ4n) is 2.26. The fourth-order valence-corrected chi connectivity index (χ4v) is 2.26. The van der Waals surface area contributed by atoms with Gasteiger partial charge in [-0.3, -0.25) is 0 Å². The van der Waals surface area contributed by atoms with Crippen LogP contribution in [0, 0.1) is 11.6 Å². The summed E-state index contributed by atoms with van der Waals surface area (Å²) in [5.41, 5.74) is -0.103. The number of rotatable bonds is 3. The maximum Gasteiger partial charge on any atom is 0.431 e. The predicted octanol–water partition coefficient (Wildman–Crippen LogP) is 5.52. The summed E-state index contributed by atoms with van der Waals surface area (Å²) >= 11 is 0. The van der Waals surface area contributed by atoms with Crippen molar-refractivity contribution < 1.29 is 22.0 Å². The molecule has 3 rings (SSSR count). The number of benzene rings is 2. The molecule has 0 radical (unpaired) electrons. The Kier molecular flexibility index (Phi) is 4.01. The number of anilines is 2. The lowest BCUT2D eigenvalue weighted by atomic mass is 10.3. The van der Waals surface area contributed by atoms with Gasteiger partial charge in [0.2, 0.25) is 0 Å². The van der Waals surface area contributed by atoms with E-state index >= 15 is 0 Å². The first kappa shape index (κ1) is 16.0. The second-order valence-corrected chi connectivity index (χ2v) is 5.09. The lowest BCUT2D eigenvalue weighted by Gasteiger charge is -2.11. The van der Waals surface area contributed by atoms with Gasteiger partial charge >= 0.3 is 6.18 Å². The molecule has 0 amide bonds. The second kappa shape index (κ2) is 5.99. The van der Waals surface area contributed by atoms with Crippen LogP contribution >= 0.6 is 0 Å². The molecule has 0 aliphatic heterocycles. The van der Waals surface area contributed by atoms with E-state index in [9.17, 15) is 22.0 Å². The van der Waals surface area contributed by atoms with Gasteiger partial charge in [-0.1, -0.05) is 0 Å². The van der Waals surface area contributed by atoms with E-state index in [4.69, 9.17) is 0 Å². The van der Waals surface area contributed by atoms with Crippen LogP contribution < -0.4 is 5.32 Å². The van der Waals surface area contributed by atoms with E-state index in [1.54, 1.807) is 0 Å². The number of nitrogens with one attached hydrogen (secondary N) is 1. The molecule has 24 heavy (non-hydrogen) atoms. The third kappa shape index (κ3) is 3.40. The monoisotopic (exact) mass is 338 g/mol. The van der Waals surface area contributed by atoms with Gasteiger partial charge in [-0.2, -0.15) is 13.2 Å². The molecule has 0 fully saturated rings. The molecule has 1 N–H and O–H groups in total.